The lowest BCUT2D eigenvalue weighted by Gasteiger charge is -2.15. The van der Waals surface area contributed by atoms with Gasteiger partial charge in [-0.15, -0.1) is 0 Å². The van der Waals surface area contributed by atoms with Gasteiger partial charge in [-0.3, -0.25) is 15.6 Å². The Hall–Kier alpha value is -3.97. The maximum Gasteiger partial charge on any atom is 0.252 e. The van der Waals surface area contributed by atoms with Crippen LogP contribution in [0.15, 0.2) is 39.8 Å². The summed E-state index contributed by atoms with van der Waals surface area (Å²) >= 11 is 6.12. The Morgan fingerprint density at radius 3 is 2.73 bits per heavy atom. The molecule has 0 saturated carbocycles. The first-order chi connectivity index (χ1) is 15.7. The Balaban J connectivity index is 1.91. The van der Waals surface area contributed by atoms with Crippen LogP contribution in [0.1, 0.15) is 36.4 Å². The molecule has 1 aromatic heterocycles. The van der Waals surface area contributed by atoms with E-state index in [0.717, 1.165) is 11.1 Å². The van der Waals surface area contributed by atoms with Crippen molar-refractivity contribution in [3.63, 3.8) is 0 Å². The maximum atomic E-state index is 14.8. The molecule has 0 saturated heterocycles. The highest BCUT2D eigenvalue weighted by atomic mass is 35.5. The number of carbonyl (C=O) groups is 1. The molecular formula is C22H21ClFN7O2. The fraction of sp³-hybridized carbons (Fsp3) is 0.227. The number of hydrogen-bond donors (Lipinski definition) is 3. The zero-order valence-corrected chi connectivity index (χ0v) is 18.9. The van der Waals surface area contributed by atoms with Gasteiger partial charge in [0, 0.05) is 11.9 Å². The van der Waals surface area contributed by atoms with Gasteiger partial charge in [0.2, 0.25) is 17.7 Å². The summed E-state index contributed by atoms with van der Waals surface area (Å²) in [7, 11) is 0. The number of hydrazine groups is 1. The van der Waals surface area contributed by atoms with Crippen LogP contribution >= 0.6 is 11.6 Å². The lowest BCUT2D eigenvalue weighted by atomic mass is 9.93. The number of carbonyl (C=O) groups excluding carboxylic acids is 1. The lowest BCUT2D eigenvalue weighted by molar-refractivity contribution is -0.120. The van der Waals surface area contributed by atoms with Crippen molar-refractivity contribution in [3.05, 3.63) is 58.2 Å². The zero-order valence-electron chi connectivity index (χ0n) is 18.1. The summed E-state index contributed by atoms with van der Waals surface area (Å²) < 4.78 is 19.8. The number of rotatable bonds is 5. The highest BCUT2D eigenvalue weighted by Gasteiger charge is 2.20. The summed E-state index contributed by atoms with van der Waals surface area (Å²) in [6.07, 6.45) is -0.300. The van der Waals surface area contributed by atoms with Crippen molar-refractivity contribution in [1.29, 1.82) is 5.26 Å². The Morgan fingerprint density at radius 1 is 1.33 bits per heavy atom. The third-order valence-electron chi connectivity index (χ3n) is 4.74. The van der Waals surface area contributed by atoms with Gasteiger partial charge in [0.15, 0.2) is 0 Å². The highest BCUT2D eigenvalue weighted by molar-refractivity contribution is 6.31. The van der Waals surface area contributed by atoms with Crippen LogP contribution in [-0.2, 0) is 4.79 Å². The summed E-state index contributed by atoms with van der Waals surface area (Å²) in [6.45, 7) is 5.35. The van der Waals surface area contributed by atoms with Gasteiger partial charge < -0.3 is 10.3 Å². The van der Waals surface area contributed by atoms with E-state index in [9.17, 15) is 9.18 Å². The van der Waals surface area contributed by atoms with Gasteiger partial charge >= 0.3 is 0 Å². The van der Waals surface area contributed by atoms with E-state index in [4.69, 9.17) is 27.1 Å². The molecule has 2 aromatic carbocycles. The van der Waals surface area contributed by atoms with E-state index in [0.29, 0.717) is 17.0 Å². The minimum absolute atomic E-state index is 0.0102. The first-order valence-corrected chi connectivity index (χ1v) is 10.2. The molecule has 0 spiro atoms. The number of guanidine groups is 1. The number of nitrogens with one attached hydrogen (secondary N) is 2. The fourth-order valence-electron chi connectivity index (χ4n) is 3.30. The summed E-state index contributed by atoms with van der Waals surface area (Å²) in [6, 6.07) is 9.77. The van der Waals surface area contributed by atoms with Crippen molar-refractivity contribution >= 4 is 23.5 Å². The van der Waals surface area contributed by atoms with Crippen LogP contribution in [0.2, 0.25) is 5.02 Å². The Labute approximate surface area is 194 Å². The smallest absolute Gasteiger partial charge is 0.252 e. The molecule has 11 heteroatoms. The minimum atomic E-state index is -0.560. The Bertz CT molecular complexity index is 1270. The number of aryl methyl sites for hydroxylation is 2. The standard InChI is InChI=1S/C22H21ClFN7O2/c1-11-8-14(4-5-16(11)12(2)27-22(26)30-29-19(32)6-7-25)17-9-15(23)10-18(24)20(17)21-28-13(3)33-31-21/h4-5,8-10,12H,6H2,1-3H3,(H,29,32)(H3,26,27,30)/t12-/m1/s1. The van der Waals surface area contributed by atoms with Crippen LogP contribution in [0.25, 0.3) is 22.5 Å². The molecule has 33 heavy (non-hydrogen) atoms. The average Bonchev–Trinajstić information content (AvgIpc) is 3.17. The van der Waals surface area contributed by atoms with Crippen molar-refractivity contribution in [3.8, 4) is 28.6 Å². The fourth-order valence-corrected chi connectivity index (χ4v) is 3.51. The third kappa shape index (κ3) is 5.64. The molecule has 0 unspecified atom stereocenters. The Morgan fingerprint density at radius 2 is 2.09 bits per heavy atom. The summed E-state index contributed by atoms with van der Waals surface area (Å²) in [5, 5.41) is 12.6. The molecular weight excluding hydrogens is 449 g/mol. The molecule has 1 heterocycles. The number of halogens is 2. The monoisotopic (exact) mass is 469 g/mol. The number of nitrogens with zero attached hydrogens (tertiary/aromatic N) is 4. The van der Waals surface area contributed by atoms with Gasteiger partial charge in [-0.25, -0.2) is 9.38 Å². The van der Waals surface area contributed by atoms with E-state index in [1.807, 2.05) is 32.0 Å². The van der Waals surface area contributed by atoms with E-state index >= 15 is 0 Å². The second-order valence-electron chi connectivity index (χ2n) is 7.22. The molecule has 4 N–H and O–H groups in total. The van der Waals surface area contributed by atoms with Crippen molar-refractivity contribution < 1.29 is 13.7 Å². The first-order valence-electron chi connectivity index (χ1n) is 9.85. The van der Waals surface area contributed by atoms with Crippen molar-refractivity contribution in [2.45, 2.75) is 33.2 Å². The molecule has 0 aliphatic rings. The Kier molecular flexibility index (Phi) is 7.25. The van der Waals surface area contributed by atoms with Crippen molar-refractivity contribution in [2.24, 2.45) is 10.7 Å². The molecule has 3 rings (SSSR count). The van der Waals surface area contributed by atoms with Crippen LogP contribution in [0.3, 0.4) is 0 Å². The van der Waals surface area contributed by atoms with Crippen LogP contribution < -0.4 is 16.6 Å². The molecule has 9 nitrogen and oxygen atoms in total. The van der Waals surface area contributed by atoms with Gasteiger partial charge in [-0.2, -0.15) is 10.2 Å². The van der Waals surface area contributed by atoms with Crippen LogP contribution in [0.5, 0.6) is 0 Å². The van der Waals surface area contributed by atoms with E-state index < -0.39 is 11.7 Å². The van der Waals surface area contributed by atoms with Crippen LogP contribution in [0.4, 0.5) is 4.39 Å². The SMILES string of the molecule is Cc1nc(-c2c(F)cc(Cl)cc2-c2ccc([C@@H](C)N=C(N)NNC(=O)CC#N)c(C)c2)no1. The predicted molar refractivity (Wildman–Crippen MR) is 121 cm³/mol. The number of nitriles is 1. The summed E-state index contributed by atoms with van der Waals surface area (Å²) in [5.74, 6) is -0.642. The normalized spacial score (nSPS) is 12.2. The molecule has 1 atom stereocenters. The summed E-state index contributed by atoms with van der Waals surface area (Å²) in [5.41, 5.74) is 13.7. The maximum absolute atomic E-state index is 14.8. The van der Waals surface area contributed by atoms with Crippen LogP contribution in [0, 0.1) is 31.0 Å². The number of aliphatic imine (C=N–C) groups is 1. The van der Waals surface area contributed by atoms with Gasteiger partial charge in [0.05, 0.1) is 17.7 Å². The number of benzene rings is 2. The van der Waals surface area contributed by atoms with Crippen molar-refractivity contribution in [2.75, 3.05) is 0 Å². The van der Waals surface area contributed by atoms with E-state index in [1.54, 1.807) is 19.1 Å². The second kappa shape index (κ2) is 10.1. The van der Waals surface area contributed by atoms with E-state index in [1.165, 1.54) is 6.07 Å². The topological polar surface area (TPSA) is 142 Å². The second-order valence-corrected chi connectivity index (χ2v) is 7.65. The quantitative estimate of drug-likeness (QED) is 0.293. The number of nitrogens with two attached hydrogens (primary N) is 1. The molecule has 3 aromatic rings. The largest absolute Gasteiger partial charge is 0.369 e. The molecule has 0 radical (unpaired) electrons. The van der Waals surface area contributed by atoms with E-state index in [2.05, 4.69) is 26.0 Å². The molecule has 1 amide bonds. The number of hydrogen-bond acceptors (Lipinski definition) is 6. The zero-order chi connectivity index (χ0) is 24.1. The lowest BCUT2D eigenvalue weighted by Crippen LogP contribution is -2.45. The first kappa shape index (κ1) is 23.7. The van der Waals surface area contributed by atoms with E-state index in [-0.39, 0.29) is 34.8 Å². The van der Waals surface area contributed by atoms with Gasteiger partial charge in [0.1, 0.15) is 12.2 Å². The molecule has 0 fully saturated rings. The molecule has 170 valence electrons. The summed E-state index contributed by atoms with van der Waals surface area (Å²) in [4.78, 5) is 19.8. The highest BCUT2D eigenvalue weighted by Crippen LogP contribution is 2.37. The van der Waals surface area contributed by atoms with Gasteiger partial charge in [-0.1, -0.05) is 35.0 Å². The average molecular weight is 470 g/mol. The predicted octanol–water partition coefficient (Wildman–Crippen LogP) is 3.72. The number of amides is 1. The van der Waals surface area contributed by atoms with Gasteiger partial charge in [-0.05, 0) is 48.2 Å². The van der Waals surface area contributed by atoms with Gasteiger partial charge in [0.25, 0.3) is 5.91 Å². The molecule has 0 bridgehead atoms. The molecule has 0 aliphatic carbocycles. The molecule has 0 aliphatic heterocycles. The van der Waals surface area contributed by atoms with Crippen molar-refractivity contribution in [1.82, 2.24) is 21.0 Å². The third-order valence-corrected chi connectivity index (χ3v) is 4.96. The number of aromatic nitrogens is 2. The van der Waals surface area contributed by atoms with Crippen LogP contribution in [-0.4, -0.2) is 22.0 Å². The minimum Gasteiger partial charge on any atom is -0.369 e.